The molecule has 0 saturated heterocycles. The van der Waals surface area contributed by atoms with Gasteiger partial charge in [0.1, 0.15) is 0 Å². The summed E-state index contributed by atoms with van der Waals surface area (Å²) in [6, 6.07) is 6.25. The van der Waals surface area contributed by atoms with Gasteiger partial charge in [-0.2, -0.15) is 0 Å². The molecule has 0 radical (unpaired) electrons. The van der Waals surface area contributed by atoms with Crippen molar-refractivity contribution in [2.75, 3.05) is 12.5 Å². The number of hydrogen-bond acceptors (Lipinski definition) is 3. The summed E-state index contributed by atoms with van der Waals surface area (Å²) in [5.41, 5.74) is 2.52. The van der Waals surface area contributed by atoms with Gasteiger partial charge in [-0.1, -0.05) is 19.9 Å². The smallest absolute Gasteiger partial charge is 0.408 e. The first-order chi connectivity index (χ1) is 8.45. The van der Waals surface area contributed by atoms with Crippen LogP contribution in [0, 0.1) is 0 Å². The second kappa shape index (κ2) is 4.78. The highest BCUT2D eigenvalue weighted by atomic mass is 35.5. The highest BCUT2D eigenvalue weighted by Crippen LogP contribution is 2.25. The van der Waals surface area contributed by atoms with Crippen molar-refractivity contribution in [2.24, 2.45) is 7.05 Å². The average molecular weight is 269 g/mol. The predicted molar refractivity (Wildman–Crippen MR) is 73.2 cm³/mol. The Morgan fingerprint density at radius 3 is 2.83 bits per heavy atom. The fourth-order valence-corrected chi connectivity index (χ4v) is 2.10. The minimum atomic E-state index is -0.334. The Bertz CT molecular complexity index is 613. The van der Waals surface area contributed by atoms with Crippen molar-refractivity contribution in [2.45, 2.75) is 19.3 Å². The van der Waals surface area contributed by atoms with Crippen LogP contribution in [-0.2, 0) is 12.5 Å². The number of halogens is 1. The van der Waals surface area contributed by atoms with Gasteiger partial charge in [0.2, 0.25) is 0 Å². The van der Waals surface area contributed by atoms with Gasteiger partial charge < -0.3 is 9.73 Å². The number of aromatic nitrogens is 1. The zero-order valence-corrected chi connectivity index (χ0v) is 11.5. The van der Waals surface area contributed by atoms with Crippen molar-refractivity contribution in [3.63, 3.8) is 0 Å². The van der Waals surface area contributed by atoms with Gasteiger partial charge in [0.05, 0.1) is 11.5 Å². The van der Waals surface area contributed by atoms with Crippen LogP contribution in [0.3, 0.4) is 0 Å². The lowest BCUT2D eigenvalue weighted by molar-refractivity contribution is 0.489. The van der Waals surface area contributed by atoms with E-state index in [0.29, 0.717) is 11.6 Å². The summed E-state index contributed by atoms with van der Waals surface area (Å²) in [7, 11) is 1.71. The molecule has 0 amide bonds. The summed E-state index contributed by atoms with van der Waals surface area (Å²) >= 11 is 5.65. The number of alkyl halides is 1. The molecule has 2 rings (SSSR count). The van der Waals surface area contributed by atoms with E-state index >= 15 is 0 Å². The van der Waals surface area contributed by atoms with E-state index in [-0.39, 0.29) is 11.2 Å². The average Bonchev–Trinajstić information content (AvgIpc) is 2.62. The lowest BCUT2D eigenvalue weighted by atomic mass is 9.84. The summed E-state index contributed by atoms with van der Waals surface area (Å²) in [4.78, 5) is 11.4. The Hall–Kier alpha value is -1.26. The highest BCUT2D eigenvalue weighted by molar-refractivity contribution is 6.17. The summed E-state index contributed by atoms with van der Waals surface area (Å²) in [6.45, 7) is 5.03. The summed E-state index contributed by atoms with van der Waals surface area (Å²) in [6.07, 6.45) is 0. The second-order valence-corrected chi connectivity index (χ2v) is 5.32. The standard InChI is InChI=1S/C13H17ClN2O2/c1-13(2,7-15-8-14)9-4-5-11-10(6-9)16(3)12(17)18-11/h4-6,15H,7-8H2,1-3H3. The van der Waals surface area contributed by atoms with Crippen molar-refractivity contribution in [1.82, 2.24) is 9.88 Å². The number of nitrogens with one attached hydrogen (secondary N) is 1. The van der Waals surface area contributed by atoms with Crippen LogP contribution in [0.2, 0.25) is 0 Å². The monoisotopic (exact) mass is 268 g/mol. The van der Waals surface area contributed by atoms with Gasteiger partial charge in [-0.05, 0) is 17.7 Å². The minimum absolute atomic E-state index is 0.0591. The third-order valence-corrected chi connectivity index (χ3v) is 3.42. The Morgan fingerprint density at radius 1 is 1.44 bits per heavy atom. The maximum atomic E-state index is 11.4. The molecule has 4 nitrogen and oxygen atoms in total. The number of hydrogen-bond donors (Lipinski definition) is 1. The molecule has 0 fully saturated rings. The van der Waals surface area contributed by atoms with Crippen molar-refractivity contribution in [1.29, 1.82) is 0 Å². The molecule has 0 bridgehead atoms. The molecular formula is C13H17ClN2O2. The first-order valence-electron chi connectivity index (χ1n) is 5.82. The van der Waals surface area contributed by atoms with Crippen LogP contribution in [0.5, 0.6) is 0 Å². The molecule has 1 heterocycles. The molecule has 1 N–H and O–H groups in total. The van der Waals surface area contributed by atoms with Crippen LogP contribution >= 0.6 is 11.6 Å². The lowest BCUT2D eigenvalue weighted by Gasteiger charge is -2.25. The number of oxazole rings is 1. The maximum Gasteiger partial charge on any atom is 0.419 e. The Labute approximate surface area is 111 Å². The summed E-state index contributed by atoms with van der Waals surface area (Å²) < 4.78 is 6.64. The van der Waals surface area contributed by atoms with E-state index in [9.17, 15) is 4.79 Å². The summed E-state index contributed by atoms with van der Waals surface area (Å²) in [5.74, 6) is -0.334. The fraction of sp³-hybridized carbons (Fsp3) is 0.462. The van der Waals surface area contributed by atoms with E-state index in [0.717, 1.165) is 17.6 Å². The largest absolute Gasteiger partial charge is 0.419 e. The lowest BCUT2D eigenvalue weighted by Crippen LogP contribution is -2.32. The van der Waals surface area contributed by atoms with E-state index in [1.165, 1.54) is 4.57 Å². The van der Waals surface area contributed by atoms with Crippen LogP contribution in [-0.4, -0.2) is 17.1 Å². The molecule has 18 heavy (non-hydrogen) atoms. The molecule has 0 aliphatic carbocycles. The van der Waals surface area contributed by atoms with Crippen molar-refractivity contribution in [3.8, 4) is 0 Å². The zero-order valence-electron chi connectivity index (χ0n) is 10.8. The highest BCUT2D eigenvalue weighted by Gasteiger charge is 2.21. The second-order valence-electron chi connectivity index (χ2n) is 5.05. The van der Waals surface area contributed by atoms with Crippen molar-refractivity contribution < 1.29 is 4.42 Å². The first kappa shape index (κ1) is 13.2. The molecule has 1 aromatic heterocycles. The minimum Gasteiger partial charge on any atom is -0.408 e. The molecule has 5 heteroatoms. The molecule has 2 aromatic rings. The fourth-order valence-electron chi connectivity index (χ4n) is 2.01. The molecule has 0 unspecified atom stereocenters. The Kier molecular flexibility index (Phi) is 3.50. The SMILES string of the molecule is Cn1c(=O)oc2ccc(C(C)(C)CNCCl)cc21. The van der Waals surface area contributed by atoms with Gasteiger partial charge in [-0.15, -0.1) is 11.6 Å². The normalized spacial score (nSPS) is 12.2. The number of aryl methyl sites for hydroxylation is 1. The van der Waals surface area contributed by atoms with Crippen LogP contribution in [0.1, 0.15) is 19.4 Å². The topological polar surface area (TPSA) is 47.2 Å². The van der Waals surface area contributed by atoms with Crippen LogP contribution in [0.25, 0.3) is 11.1 Å². The van der Waals surface area contributed by atoms with Gasteiger partial charge >= 0.3 is 5.76 Å². The number of rotatable bonds is 4. The van der Waals surface area contributed by atoms with Gasteiger partial charge in [0.15, 0.2) is 5.58 Å². The van der Waals surface area contributed by atoms with E-state index in [1.54, 1.807) is 7.05 Å². The van der Waals surface area contributed by atoms with E-state index in [4.69, 9.17) is 16.0 Å². The molecule has 98 valence electrons. The molecule has 0 saturated carbocycles. The Morgan fingerprint density at radius 2 is 2.17 bits per heavy atom. The maximum absolute atomic E-state index is 11.4. The van der Waals surface area contributed by atoms with E-state index in [1.807, 2.05) is 18.2 Å². The Balaban J connectivity index is 2.46. The van der Waals surface area contributed by atoms with Gasteiger partial charge in [-0.3, -0.25) is 4.57 Å². The molecular weight excluding hydrogens is 252 g/mol. The number of nitrogens with zero attached hydrogens (tertiary/aromatic N) is 1. The predicted octanol–water partition coefficient (Wildman–Crippen LogP) is 2.20. The quantitative estimate of drug-likeness (QED) is 0.683. The molecule has 0 aliphatic rings. The van der Waals surface area contributed by atoms with Gasteiger partial charge in [0, 0.05) is 19.0 Å². The van der Waals surface area contributed by atoms with E-state index in [2.05, 4.69) is 19.2 Å². The van der Waals surface area contributed by atoms with Crippen LogP contribution in [0.15, 0.2) is 27.4 Å². The van der Waals surface area contributed by atoms with Crippen LogP contribution < -0.4 is 11.1 Å². The van der Waals surface area contributed by atoms with Crippen molar-refractivity contribution >= 4 is 22.7 Å². The number of fused-ring (bicyclic) bond motifs is 1. The molecule has 0 spiro atoms. The first-order valence-corrected chi connectivity index (χ1v) is 6.36. The van der Waals surface area contributed by atoms with Gasteiger partial charge in [0.25, 0.3) is 0 Å². The molecule has 0 atom stereocenters. The molecule has 1 aromatic carbocycles. The third kappa shape index (κ3) is 2.31. The van der Waals surface area contributed by atoms with Gasteiger partial charge in [-0.25, -0.2) is 4.79 Å². The molecule has 0 aliphatic heterocycles. The van der Waals surface area contributed by atoms with Crippen molar-refractivity contribution in [3.05, 3.63) is 34.3 Å². The van der Waals surface area contributed by atoms with E-state index < -0.39 is 0 Å². The van der Waals surface area contributed by atoms with Crippen LogP contribution in [0.4, 0.5) is 0 Å². The summed E-state index contributed by atoms with van der Waals surface area (Å²) in [5, 5.41) is 3.13. The third-order valence-electron chi connectivity index (χ3n) is 3.23. The number of benzene rings is 1. The zero-order chi connectivity index (χ0) is 13.3.